The van der Waals surface area contributed by atoms with Crippen LogP contribution in [0.1, 0.15) is 46.5 Å². The Morgan fingerprint density at radius 2 is 2.12 bits per heavy atom. The zero-order valence-corrected chi connectivity index (χ0v) is 11.1. The van der Waals surface area contributed by atoms with E-state index in [0.29, 0.717) is 6.04 Å². The molecule has 1 aliphatic rings. The third-order valence-electron chi connectivity index (χ3n) is 3.83. The maximum absolute atomic E-state index is 11.9. The SMILES string of the molecule is CCC1CCC(NC(C)C(=O)N(C)CC)C1. The van der Waals surface area contributed by atoms with Crippen LogP contribution in [0.3, 0.4) is 0 Å². The highest BCUT2D eigenvalue weighted by Crippen LogP contribution is 2.28. The summed E-state index contributed by atoms with van der Waals surface area (Å²) < 4.78 is 0. The summed E-state index contributed by atoms with van der Waals surface area (Å²) in [6, 6.07) is 0.514. The van der Waals surface area contributed by atoms with Crippen molar-refractivity contribution < 1.29 is 4.79 Å². The van der Waals surface area contributed by atoms with E-state index in [-0.39, 0.29) is 11.9 Å². The minimum absolute atomic E-state index is 0.0365. The van der Waals surface area contributed by atoms with Crippen molar-refractivity contribution in [3.63, 3.8) is 0 Å². The lowest BCUT2D eigenvalue weighted by atomic mass is 10.1. The Hall–Kier alpha value is -0.570. The fraction of sp³-hybridized carbons (Fsp3) is 0.923. The van der Waals surface area contributed by atoms with Gasteiger partial charge in [0.1, 0.15) is 0 Å². The lowest BCUT2D eigenvalue weighted by Crippen LogP contribution is -2.46. The summed E-state index contributed by atoms with van der Waals surface area (Å²) in [7, 11) is 1.87. The molecule has 1 rings (SSSR count). The molecule has 3 nitrogen and oxygen atoms in total. The minimum Gasteiger partial charge on any atom is -0.345 e. The van der Waals surface area contributed by atoms with Crippen molar-refractivity contribution in [2.75, 3.05) is 13.6 Å². The van der Waals surface area contributed by atoms with E-state index >= 15 is 0 Å². The second-order valence-electron chi connectivity index (χ2n) is 5.03. The number of carbonyl (C=O) groups is 1. The molecule has 0 radical (unpaired) electrons. The van der Waals surface area contributed by atoms with Gasteiger partial charge in [-0.2, -0.15) is 0 Å². The van der Waals surface area contributed by atoms with Gasteiger partial charge in [0.05, 0.1) is 6.04 Å². The Labute approximate surface area is 99.6 Å². The first-order chi connectivity index (χ1) is 7.58. The second-order valence-corrected chi connectivity index (χ2v) is 5.03. The first kappa shape index (κ1) is 13.5. The molecule has 0 aromatic rings. The molecule has 3 heteroatoms. The van der Waals surface area contributed by atoms with Gasteiger partial charge in [-0.15, -0.1) is 0 Å². The van der Waals surface area contributed by atoms with Crippen LogP contribution in [0.5, 0.6) is 0 Å². The number of hydrogen-bond acceptors (Lipinski definition) is 2. The van der Waals surface area contributed by atoms with Crippen molar-refractivity contribution >= 4 is 5.91 Å². The summed E-state index contributed by atoms with van der Waals surface area (Å²) in [5, 5.41) is 3.47. The molecular weight excluding hydrogens is 200 g/mol. The summed E-state index contributed by atoms with van der Waals surface area (Å²) in [5.74, 6) is 1.08. The van der Waals surface area contributed by atoms with Crippen molar-refractivity contribution in [1.82, 2.24) is 10.2 Å². The van der Waals surface area contributed by atoms with Gasteiger partial charge >= 0.3 is 0 Å². The standard InChI is InChI=1S/C13H26N2O/c1-5-11-7-8-12(9-11)14-10(3)13(16)15(4)6-2/h10-12,14H,5-9H2,1-4H3. The van der Waals surface area contributed by atoms with Gasteiger partial charge in [0.15, 0.2) is 0 Å². The molecule has 0 spiro atoms. The van der Waals surface area contributed by atoms with Gasteiger partial charge in [0.2, 0.25) is 5.91 Å². The molecule has 0 heterocycles. The lowest BCUT2D eigenvalue weighted by Gasteiger charge is -2.23. The maximum atomic E-state index is 11.9. The van der Waals surface area contributed by atoms with Gasteiger partial charge in [0.25, 0.3) is 0 Å². The van der Waals surface area contributed by atoms with E-state index in [4.69, 9.17) is 0 Å². The molecule has 0 bridgehead atoms. The maximum Gasteiger partial charge on any atom is 0.239 e. The summed E-state index contributed by atoms with van der Waals surface area (Å²) >= 11 is 0. The van der Waals surface area contributed by atoms with Crippen molar-refractivity contribution in [3.8, 4) is 0 Å². The molecule has 1 N–H and O–H groups in total. The van der Waals surface area contributed by atoms with Crippen LogP contribution < -0.4 is 5.32 Å². The first-order valence-electron chi connectivity index (χ1n) is 6.59. The van der Waals surface area contributed by atoms with E-state index in [1.807, 2.05) is 20.9 Å². The zero-order valence-electron chi connectivity index (χ0n) is 11.1. The van der Waals surface area contributed by atoms with Crippen LogP contribution in [0, 0.1) is 5.92 Å². The quantitative estimate of drug-likeness (QED) is 0.778. The minimum atomic E-state index is -0.0365. The van der Waals surface area contributed by atoms with Crippen LogP contribution in [0.2, 0.25) is 0 Å². The number of hydrogen-bond donors (Lipinski definition) is 1. The number of nitrogens with zero attached hydrogens (tertiary/aromatic N) is 1. The second kappa shape index (κ2) is 6.24. The number of amides is 1. The molecule has 16 heavy (non-hydrogen) atoms. The molecule has 3 atom stereocenters. The van der Waals surface area contributed by atoms with Crippen LogP contribution in [-0.4, -0.2) is 36.5 Å². The van der Waals surface area contributed by atoms with Crippen LogP contribution >= 0.6 is 0 Å². The molecule has 1 amide bonds. The van der Waals surface area contributed by atoms with Gasteiger partial charge in [-0.25, -0.2) is 0 Å². The summed E-state index contributed by atoms with van der Waals surface area (Å²) in [6.07, 6.45) is 5.06. The molecule has 1 saturated carbocycles. The summed E-state index contributed by atoms with van der Waals surface area (Å²) in [6.45, 7) is 7.03. The Balaban J connectivity index is 2.34. The molecule has 0 aliphatic heterocycles. The molecule has 1 aliphatic carbocycles. The van der Waals surface area contributed by atoms with Crippen molar-refractivity contribution in [2.45, 2.75) is 58.5 Å². The predicted octanol–water partition coefficient (Wildman–Crippen LogP) is 2.02. The fourth-order valence-corrected chi connectivity index (χ4v) is 2.51. The van der Waals surface area contributed by atoms with Gasteiger partial charge < -0.3 is 10.2 Å². The third-order valence-corrected chi connectivity index (χ3v) is 3.83. The Kier molecular flexibility index (Phi) is 5.26. The Morgan fingerprint density at radius 1 is 1.44 bits per heavy atom. The van der Waals surface area contributed by atoms with Crippen LogP contribution in [0.15, 0.2) is 0 Å². The first-order valence-corrected chi connectivity index (χ1v) is 6.59. The monoisotopic (exact) mass is 226 g/mol. The lowest BCUT2D eigenvalue weighted by molar-refractivity contribution is -0.131. The molecule has 94 valence electrons. The Bertz CT molecular complexity index is 230. The van der Waals surface area contributed by atoms with Gasteiger partial charge in [-0.05, 0) is 39.0 Å². The molecule has 1 fully saturated rings. The molecule has 3 unspecified atom stereocenters. The van der Waals surface area contributed by atoms with Gasteiger partial charge in [-0.3, -0.25) is 4.79 Å². The number of nitrogens with one attached hydrogen (secondary N) is 1. The highest BCUT2D eigenvalue weighted by molar-refractivity contribution is 5.81. The van der Waals surface area contributed by atoms with Crippen molar-refractivity contribution in [1.29, 1.82) is 0 Å². The largest absolute Gasteiger partial charge is 0.345 e. The van der Waals surface area contributed by atoms with Gasteiger partial charge in [0, 0.05) is 19.6 Å². The highest BCUT2D eigenvalue weighted by Gasteiger charge is 2.26. The number of carbonyl (C=O) groups excluding carboxylic acids is 1. The van der Waals surface area contributed by atoms with E-state index in [1.54, 1.807) is 4.90 Å². The highest BCUT2D eigenvalue weighted by atomic mass is 16.2. The van der Waals surface area contributed by atoms with E-state index in [1.165, 1.54) is 25.7 Å². The molecular formula is C13H26N2O. The number of likely N-dealkylation sites (N-methyl/N-ethyl adjacent to an activating group) is 1. The average Bonchev–Trinajstić information content (AvgIpc) is 2.74. The zero-order chi connectivity index (χ0) is 12.1. The molecule has 0 saturated heterocycles. The molecule has 0 aromatic heterocycles. The summed E-state index contributed by atoms with van der Waals surface area (Å²) in [5.41, 5.74) is 0. The summed E-state index contributed by atoms with van der Waals surface area (Å²) in [4.78, 5) is 13.7. The van der Waals surface area contributed by atoms with Crippen LogP contribution in [-0.2, 0) is 4.79 Å². The fourth-order valence-electron chi connectivity index (χ4n) is 2.51. The smallest absolute Gasteiger partial charge is 0.239 e. The van der Waals surface area contributed by atoms with Crippen LogP contribution in [0.25, 0.3) is 0 Å². The van der Waals surface area contributed by atoms with Crippen molar-refractivity contribution in [3.05, 3.63) is 0 Å². The van der Waals surface area contributed by atoms with E-state index in [9.17, 15) is 4.79 Å². The predicted molar refractivity (Wildman–Crippen MR) is 67.3 cm³/mol. The number of rotatable bonds is 5. The normalized spacial score (nSPS) is 26.8. The van der Waals surface area contributed by atoms with Crippen molar-refractivity contribution in [2.24, 2.45) is 5.92 Å². The third kappa shape index (κ3) is 3.48. The van der Waals surface area contributed by atoms with E-state index in [0.717, 1.165) is 12.5 Å². The van der Waals surface area contributed by atoms with Crippen LogP contribution in [0.4, 0.5) is 0 Å². The topological polar surface area (TPSA) is 32.3 Å². The van der Waals surface area contributed by atoms with E-state index in [2.05, 4.69) is 12.2 Å². The average molecular weight is 226 g/mol. The molecule has 0 aromatic carbocycles. The Morgan fingerprint density at radius 3 is 2.62 bits per heavy atom. The van der Waals surface area contributed by atoms with Gasteiger partial charge in [-0.1, -0.05) is 13.3 Å². The van der Waals surface area contributed by atoms with E-state index < -0.39 is 0 Å².